The molecule has 2 saturated heterocycles. The molecule has 3 nitrogen and oxygen atoms in total. The topological polar surface area (TPSA) is 32.3 Å². The van der Waals surface area contributed by atoms with Crippen LogP contribution in [0.25, 0.3) is 0 Å². The minimum absolute atomic E-state index is 0.219. The number of hydrogen-bond donors (Lipinski definition) is 1. The van der Waals surface area contributed by atoms with E-state index in [4.69, 9.17) is 0 Å². The van der Waals surface area contributed by atoms with Crippen molar-refractivity contribution < 1.29 is 4.79 Å². The first-order valence-corrected chi connectivity index (χ1v) is 7.89. The van der Waals surface area contributed by atoms with Gasteiger partial charge in [-0.25, -0.2) is 0 Å². The van der Waals surface area contributed by atoms with Crippen molar-refractivity contribution in [3.8, 4) is 0 Å². The molecule has 20 heavy (non-hydrogen) atoms. The summed E-state index contributed by atoms with van der Waals surface area (Å²) in [5.41, 5.74) is 1.43. The molecule has 2 aliphatic heterocycles. The van der Waals surface area contributed by atoms with Gasteiger partial charge in [0.25, 0.3) is 0 Å². The third kappa shape index (κ3) is 3.04. The molecular weight excluding hydrogens is 248 g/mol. The van der Waals surface area contributed by atoms with E-state index in [1.165, 1.54) is 5.56 Å². The van der Waals surface area contributed by atoms with Crippen molar-refractivity contribution in [2.75, 3.05) is 26.2 Å². The van der Waals surface area contributed by atoms with Crippen LogP contribution in [0.1, 0.15) is 37.2 Å². The molecular formula is C17H24N2O. The number of amides is 1. The molecule has 0 radical (unpaired) electrons. The molecule has 1 amide bonds. The number of piperidine rings is 2. The average Bonchev–Trinajstić information content (AvgIpc) is 2.56. The zero-order chi connectivity index (χ0) is 13.8. The second kappa shape index (κ2) is 6.40. The maximum atomic E-state index is 12.5. The number of nitrogens with zero attached hydrogens (tertiary/aromatic N) is 1. The van der Waals surface area contributed by atoms with Gasteiger partial charge in [-0.3, -0.25) is 4.79 Å². The van der Waals surface area contributed by atoms with Crippen LogP contribution in [-0.4, -0.2) is 37.0 Å². The molecule has 3 heteroatoms. The van der Waals surface area contributed by atoms with E-state index >= 15 is 0 Å². The molecule has 0 unspecified atom stereocenters. The van der Waals surface area contributed by atoms with E-state index < -0.39 is 0 Å². The third-order valence-electron chi connectivity index (χ3n) is 4.72. The molecule has 1 aromatic rings. The lowest BCUT2D eigenvalue weighted by molar-refractivity contribution is -0.137. The molecule has 1 aromatic carbocycles. The van der Waals surface area contributed by atoms with Crippen LogP contribution in [0.4, 0.5) is 0 Å². The van der Waals surface area contributed by atoms with Crippen LogP contribution in [0.3, 0.4) is 0 Å². The van der Waals surface area contributed by atoms with Crippen LogP contribution in [0, 0.1) is 5.92 Å². The lowest BCUT2D eigenvalue weighted by Gasteiger charge is -2.35. The minimum Gasteiger partial charge on any atom is -0.342 e. The Balaban J connectivity index is 1.54. The fraction of sp³-hybridized carbons (Fsp3) is 0.588. The summed E-state index contributed by atoms with van der Waals surface area (Å²) in [6, 6.07) is 10.7. The van der Waals surface area contributed by atoms with Gasteiger partial charge in [0, 0.05) is 19.6 Å². The van der Waals surface area contributed by atoms with Gasteiger partial charge in [0.05, 0.1) is 5.92 Å². The molecule has 2 fully saturated rings. The van der Waals surface area contributed by atoms with Crippen molar-refractivity contribution in [2.24, 2.45) is 5.92 Å². The lowest BCUT2D eigenvalue weighted by Crippen LogP contribution is -2.45. The van der Waals surface area contributed by atoms with Crippen molar-refractivity contribution in [3.63, 3.8) is 0 Å². The minimum atomic E-state index is 0.219. The fourth-order valence-corrected chi connectivity index (χ4v) is 3.48. The zero-order valence-electron chi connectivity index (χ0n) is 12.1. The third-order valence-corrected chi connectivity index (χ3v) is 4.72. The normalized spacial score (nSPS) is 24.6. The van der Waals surface area contributed by atoms with Gasteiger partial charge in [-0.05, 0) is 43.7 Å². The Labute approximate surface area is 121 Å². The van der Waals surface area contributed by atoms with E-state index in [9.17, 15) is 4.79 Å². The van der Waals surface area contributed by atoms with Gasteiger partial charge in [0.1, 0.15) is 0 Å². The van der Waals surface area contributed by atoms with Gasteiger partial charge < -0.3 is 10.2 Å². The summed E-state index contributed by atoms with van der Waals surface area (Å²) in [4.78, 5) is 14.6. The Morgan fingerprint density at radius 1 is 1.10 bits per heavy atom. The Morgan fingerprint density at radius 3 is 2.50 bits per heavy atom. The molecule has 0 aliphatic carbocycles. The summed E-state index contributed by atoms with van der Waals surface area (Å²) >= 11 is 0. The summed E-state index contributed by atoms with van der Waals surface area (Å²) in [6.45, 7) is 3.79. The Bertz CT molecular complexity index is 432. The van der Waals surface area contributed by atoms with Crippen molar-refractivity contribution >= 4 is 5.91 Å². The smallest absolute Gasteiger partial charge is 0.226 e. The highest BCUT2D eigenvalue weighted by molar-refractivity contribution is 5.79. The molecule has 3 rings (SSSR count). The highest BCUT2D eigenvalue weighted by atomic mass is 16.2. The lowest BCUT2D eigenvalue weighted by atomic mass is 9.88. The summed E-state index contributed by atoms with van der Waals surface area (Å²) in [5, 5.41) is 3.34. The van der Waals surface area contributed by atoms with E-state index in [0.717, 1.165) is 51.9 Å². The first-order valence-electron chi connectivity index (χ1n) is 7.89. The first-order chi connectivity index (χ1) is 9.84. The van der Waals surface area contributed by atoms with Gasteiger partial charge >= 0.3 is 0 Å². The summed E-state index contributed by atoms with van der Waals surface area (Å²) < 4.78 is 0. The average molecular weight is 272 g/mol. The van der Waals surface area contributed by atoms with Crippen LogP contribution in [-0.2, 0) is 4.79 Å². The predicted molar refractivity (Wildman–Crippen MR) is 80.6 cm³/mol. The van der Waals surface area contributed by atoms with Gasteiger partial charge in [0.15, 0.2) is 0 Å². The highest BCUT2D eigenvalue weighted by Gasteiger charge is 2.29. The molecule has 0 aromatic heterocycles. The van der Waals surface area contributed by atoms with Crippen LogP contribution in [0.5, 0.6) is 0 Å². The zero-order valence-corrected chi connectivity index (χ0v) is 12.1. The number of carbonyl (C=O) groups is 1. The van der Waals surface area contributed by atoms with Gasteiger partial charge in [-0.2, -0.15) is 0 Å². The van der Waals surface area contributed by atoms with Crippen molar-refractivity contribution in [2.45, 2.75) is 31.6 Å². The summed E-state index contributed by atoms with van der Waals surface area (Å²) in [5.74, 6) is 1.23. The van der Waals surface area contributed by atoms with Crippen LogP contribution >= 0.6 is 0 Å². The molecule has 2 aliphatic rings. The maximum Gasteiger partial charge on any atom is 0.226 e. The Hall–Kier alpha value is -1.35. The van der Waals surface area contributed by atoms with E-state index in [0.29, 0.717) is 11.8 Å². The molecule has 0 spiro atoms. The first kappa shape index (κ1) is 13.6. The van der Waals surface area contributed by atoms with Crippen molar-refractivity contribution in [1.82, 2.24) is 10.2 Å². The van der Waals surface area contributed by atoms with Crippen molar-refractivity contribution in [1.29, 1.82) is 0 Å². The Kier molecular flexibility index (Phi) is 4.36. The second-order valence-corrected chi connectivity index (χ2v) is 6.05. The van der Waals surface area contributed by atoms with Gasteiger partial charge in [-0.1, -0.05) is 30.3 Å². The predicted octanol–water partition coefficient (Wildman–Crippen LogP) is 2.39. The molecule has 1 atom stereocenters. The van der Waals surface area contributed by atoms with Crippen LogP contribution in [0.15, 0.2) is 30.3 Å². The van der Waals surface area contributed by atoms with E-state index in [1.807, 2.05) is 0 Å². The van der Waals surface area contributed by atoms with Crippen molar-refractivity contribution in [3.05, 3.63) is 35.9 Å². The maximum absolute atomic E-state index is 12.5. The monoisotopic (exact) mass is 272 g/mol. The molecule has 2 heterocycles. The van der Waals surface area contributed by atoms with Gasteiger partial charge in [-0.15, -0.1) is 0 Å². The van der Waals surface area contributed by atoms with E-state index in [2.05, 4.69) is 40.5 Å². The van der Waals surface area contributed by atoms with E-state index in [1.54, 1.807) is 0 Å². The SMILES string of the molecule is O=C([C@@H]1CCCNC1)N1CCC(c2ccccc2)CC1. The molecule has 1 N–H and O–H groups in total. The number of benzene rings is 1. The molecule has 0 saturated carbocycles. The molecule has 108 valence electrons. The number of nitrogens with one attached hydrogen (secondary N) is 1. The van der Waals surface area contributed by atoms with Gasteiger partial charge in [0.2, 0.25) is 5.91 Å². The standard InChI is InChI=1S/C17H24N2O/c20-17(16-7-4-10-18-13-16)19-11-8-15(9-12-19)14-5-2-1-3-6-14/h1-3,5-6,15-16,18H,4,7-13H2/t16-/m1/s1. The summed E-state index contributed by atoms with van der Waals surface area (Å²) in [7, 11) is 0. The largest absolute Gasteiger partial charge is 0.342 e. The number of carbonyl (C=O) groups excluding carboxylic acids is 1. The summed E-state index contributed by atoms with van der Waals surface area (Å²) in [6.07, 6.45) is 4.41. The number of rotatable bonds is 2. The number of likely N-dealkylation sites (tertiary alicyclic amines) is 1. The fourth-order valence-electron chi connectivity index (χ4n) is 3.48. The number of hydrogen-bond acceptors (Lipinski definition) is 2. The van der Waals surface area contributed by atoms with Crippen LogP contribution < -0.4 is 5.32 Å². The van der Waals surface area contributed by atoms with E-state index in [-0.39, 0.29) is 5.92 Å². The molecule has 0 bridgehead atoms. The highest BCUT2D eigenvalue weighted by Crippen LogP contribution is 2.28. The second-order valence-electron chi connectivity index (χ2n) is 6.05. The van der Waals surface area contributed by atoms with Crippen LogP contribution in [0.2, 0.25) is 0 Å². The Morgan fingerprint density at radius 2 is 1.85 bits per heavy atom. The quantitative estimate of drug-likeness (QED) is 0.896.